The number of rotatable bonds is 5. The standard InChI is InChI=1S/C10H15NO3/c1-8(13)4-5-14-10-3-2-9(7-12)11-6-10/h2-3,6,8,12-13H,4-5,7H2,1H3. The Morgan fingerprint density at radius 1 is 1.50 bits per heavy atom. The smallest absolute Gasteiger partial charge is 0.137 e. The van der Waals surface area contributed by atoms with Gasteiger partial charge in [-0.3, -0.25) is 4.98 Å². The predicted molar refractivity (Wildman–Crippen MR) is 52.0 cm³/mol. The first-order valence-electron chi connectivity index (χ1n) is 4.59. The van der Waals surface area contributed by atoms with Crippen LogP contribution in [0.2, 0.25) is 0 Å². The van der Waals surface area contributed by atoms with Crippen LogP contribution in [0.15, 0.2) is 18.3 Å². The minimum absolute atomic E-state index is 0.0616. The van der Waals surface area contributed by atoms with E-state index >= 15 is 0 Å². The van der Waals surface area contributed by atoms with Crippen molar-refractivity contribution in [3.8, 4) is 5.75 Å². The highest BCUT2D eigenvalue weighted by Gasteiger charge is 1.98. The number of ether oxygens (including phenoxy) is 1. The molecule has 78 valence electrons. The SMILES string of the molecule is CC(O)CCOc1ccc(CO)nc1. The molecular weight excluding hydrogens is 182 g/mol. The van der Waals surface area contributed by atoms with Crippen LogP contribution in [-0.2, 0) is 6.61 Å². The highest BCUT2D eigenvalue weighted by Crippen LogP contribution is 2.09. The van der Waals surface area contributed by atoms with Gasteiger partial charge in [-0.15, -0.1) is 0 Å². The Morgan fingerprint density at radius 2 is 2.29 bits per heavy atom. The summed E-state index contributed by atoms with van der Waals surface area (Å²) in [5.41, 5.74) is 0.618. The summed E-state index contributed by atoms with van der Waals surface area (Å²) in [4.78, 5) is 3.96. The van der Waals surface area contributed by atoms with E-state index in [1.807, 2.05) is 0 Å². The van der Waals surface area contributed by atoms with Gasteiger partial charge in [-0.2, -0.15) is 0 Å². The topological polar surface area (TPSA) is 62.6 Å². The van der Waals surface area contributed by atoms with Crippen molar-refractivity contribution >= 4 is 0 Å². The molecule has 0 aliphatic rings. The molecule has 1 rings (SSSR count). The molecule has 0 amide bonds. The number of hydrogen-bond donors (Lipinski definition) is 2. The van der Waals surface area contributed by atoms with E-state index in [2.05, 4.69) is 4.98 Å². The number of hydrogen-bond acceptors (Lipinski definition) is 4. The van der Waals surface area contributed by atoms with Crippen molar-refractivity contribution in [2.75, 3.05) is 6.61 Å². The van der Waals surface area contributed by atoms with Crippen LogP contribution in [0.5, 0.6) is 5.75 Å². The molecule has 1 heterocycles. The molecule has 0 spiro atoms. The van der Waals surface area contributed by atoms with Gasteiger partial charge < -0.3 is 14.9 Å². The second kappa shape index (κ2) is 5.57. The Morgan fingerprint density at radius 3 is 2.79 bits per heavy atom. The molecule has 0 fully saturated rings. The third-order valence-corrected chi connectivity index (χ3v) is 1.76. The molecule has 4 nitrogen and oxygen atoms in total. The second-order valence-corrected chi connectivity index (χ2v) is 3.13. The average molecular weight is 197 g/mol. The van der Waals surface area contributed by atoms with Crippen molar-refractivity contribution < 1.29 is 14.9 Å². The first-order valence-corrected chi connectivity index (χ1v) is 4.59. The van der Waals surface area contributed by atoms with Crippen LogP contribution < -0.4 is 4.74 Å². The van der Waals surface area contributed by atoms with Crippen molar-refractivity contribution in [2.45, 2.75) is 26.1 Å². The second-order valence-electron chi connectivity index (χ2n) is 3.13. The van der Waals surface area contributed by atoms with Crippen molar-refractivity contribution in [2.24, 2.45) is 0 Å². The largest absolute Gasteiger partial charge is 0.492 e. The summed E-state index contributed by atoms with van der Waals surface area (Å²) in [5, 5.41) is 17.7. The average Bonchev–Trinajstić information content (AvgIpc) is 2.18. The van der Waals surface area contributed by atoms with Gasteiger partial charge in [-0.1, -0.05) is 0 Å². The van der Waals surface area contributed by atoms with E-state index in [0.717, 1.165) is 0 Å². The lowest BCUT2D eigenvalue weighted by molar-refractivity contribution is 0.155. The van der Waals surface area contributed by atoms with Crippen molar-refractivity contribution in [3.05, 3.63) is 24.0 Å². The molecule has 2 N–H and O–H groups in total. The van der Waals surface area contributed by atoms with E-state index in [9.17, 15) is 0 Å². The summed E-state index contributed by atoms with van der Waals surface area (Å²) < 4.78 is 5.31. The molecule has 0 aromatic carbocycles. The number of aliphatic hydroxyl groups excluding tert-OH is 2. The molecule has 4 heteroatoms. The molecule has 0 radical (unpaired) electrons. The minimum atomic E-state index is -0.348. The third kappa shape index (κ3) is 3.72. The van der Waals surface area contributed by atoms with E-state index in [-0.39, 0.29) is 12.7 Å². The molecule has 0 aliphatic carbocycles. The Labute approximate surface area is 83.2 Å². The summed E-state index contributed by atoms with van der Waals surface area (Å²) in [7, 11) is 0. The molecule has 0 saturated heterocycles. The Hall–Kier alpha value is -1.13. The fourth-order valence-corrected chi connectivity index (χ4v) is 0.937. The lowest BCUT2D eigenvalue weighted by atomic mass is 10.3. The van der Waals surface area contributed by atoms with E-state index in [1.54, 1.807) is 25.3 Å². The van der Waals surface area contributed by atoms with E-state index in [4.69, 9.17) is 14.9 Å². The van der Waals surface area contributed by atoms with Crippen LogP contribution in [0.4, 0.5) is 0 Å². The van der Waals surface area contributed by atoms with Crippen molar-refractivity contribution in [1.82, 2.24) is 4.98 Å². The fourth-order valence-electron chi connectivity index (χ4n) is 0.937. The molecule has 1 aromatic heterocycles. The summed E-state index contributed by atoms with van der Waals surface area (Å²) in [5.74, 6) is 0.655. The summed E-state index contributed by atoms with van der Waals surface area (Å²) in [6.07, 6.45) is 1.81. The highest BCUT2D eigenvalue weighted by atomic mass is 16.5. The maximum absolute atomic E-state index is 8.98. The highest BCUT2D eigenvalue weighted by molar-refractivity contribution is 5.19. The van der Waals surface area contributed by atoms with E-state index in [0.29, 0.717) is 24.5 Å². The Kier molecular flexibility index (Phi) is 4.35. The van der Waals surface area contributed by atoms with Gasteiger partial charge in [0.05, 0.1) is 31.2 Å². The zero-order valence-electron chi connectivity index (χ0n) is 8.18. The predicted octanol–water partition coefficient (Wildman–Crippen LogP) is 0.724. The molecule has 14 heavy (non-hydrogen) atoms. The number of pyridine rings is 1. The van der Waals surface area contributed by atoms with Gasteiger partial charge in [-0.25, -0.2) is 0 Å². The molecule has 0 aliphatic heterocycles. The van der Waals surface area contributed by atoms with Crippen LogP contribution in [0.1, 0.15) is 19.0 Å². The van der Waals surface area contributed by atoms with Gasteiger partial charge in [0.1, 0.15) is 5.75 Å². The zero-order valence-corrected chi connectivity index (χ0v) is 8.18. The normalized spacial score (nSPS) is 12.5. The number of aromatic nitrogens is 1. The molecule has 1 unspecified atom stereocenters. The van der Waals surface area contributed by atoms with Crippen molar-refractivity contribution in [1.29, 1.82) is 0 Å². The number of aliphatic hydroxyl groups is 2. The van der Waals surface area contributed by atoms with E-state index < -0.39 is 0 Å². The van der Waals surface area contributed by atoms with Gasteiger partial charge in [0.2, 0.25) is 0 Å². The Balaban J connectivity index is 2.36. The Bertz CT molecular complexity index is 259. The van der Waals surface area contributed by atoms with Crippen LogP contribution in [0.25, 0.3) is 0 Å². The first-order chi connectivity index (χ1) is 6.72. The van der Waals surface area contributed by atoms with Crippen molar-refractivity contribution in [3.63, 3.8) is 0 Å². The fraction of sp³-hybridized carbons (Fsp3) is 0.500. The first kappa shape index (κ1) is 10.9. The third-order valence-electron chi connectivity index (χ3n) is 1.76. The zero-order chi connectivity index (χ0) is 10.4. The van der Waals surface area contributed by atoms with Gasteiger partial charge in [0.15, 0.2) is 0 Å². The van der Waals surface area contributed by atoms with Gasteiger partial charge >= 0.3 is 0 Å². The van der Waals surface area contributed by atoms with Crippen LogP contribution in [0.3, 0.4) is 0 Å². The number of nitrogens with zero attached hydrogens (tertiary/aromatic N) is 1. The monoisotopic (exact) mass is 197 g/mol. The summed E-state index contributed by atoms with van der Waals surface area (Å²) in [6.45, 7) is 2.13. The minimum Gasteiger partial charge on any atom is -0.492 e. The lowest BCUT2D eigenvalue weighted by Crippen LogP contribution is -2.07. The summed E-state index contributed by atoms with van der Waals surface area (Å²) in [6, 6.07) is 3.46. The van der Waals surface area contributed by atoms with Gasteiger partial charge in [0, 0.05) is 6.42 Å². The molecule has 1 atom stereocenters. The molecule has 1 aromatic rings. The van der Waals surface area contributed by atoms with Crippen LogP contribution in [-0.4, -0.2) is 27.9 Å². The maximum atomic E-state index is 8.98. The van der Waals surface area contributed by atoms with E-state index in [1.165, 1.54) is 0 Å². The van der Waals surface area contributed by atoms with Gasteiger partial charge in [0.25, 0.3) is 0 Å². The van der Waals surface area contributed by atoms with Crippen LogP contribution in [0, 0.1) is 0 Å². The quantitative estimate of drug-likeness (QED) is 0.730. The molecule has 0 bridgehead atoms. The molecule has 0 saturated carbocycles. The maximum Gasteiger partial charge on any atom is 0.137 e. The van der Waals surface area contributed by atoms with Gasteiger partial charge in [-0.05, 0) is 19.1 Å². The van der Waals surface area contributed by atoms with Crippen LogP contribution >= 0.6 is 0 Å². The summed E-state index contributed by atoms with van der Waals surface area (Å²) >= 11 is 0. The lowest BCUT2D eigenvalue weighted by Gasteiger charge is -2.07. The molecular formula is C10H15NO3.